The van der Waals surface area contributed by atoms with E-state index in [0.717, 1.165) is 46.5 Å². The summed E-state index contributed by atoms with van der Waals surface area (Å²) in [5.41, 5.74) is 6.26. The minimum atomic E-state index is -0.0824. The second-order valence-corrected chi connectivity index (χ2v) is 14.2. The van der Waals surface area contributed by atoms with Gasteiger partial charge in [0.2, 0.25) is 0 Å². The topological polar surface area (TPSA) is 84.2 Å². The van der Waals surface area contributed by atoms with Gasteiger partial charge in [-0.2, -0.15) is 0 Å². The minimum Gasteiger partial charge on any atom is -0.508 e. The van der Waals surface area contributed by atoms with Crippen LogP contribution in [-0.4, -0.2) is 45.5 Å². The minimum absolute atomic E-state index is 0.0824. The third kappa shape index (κ3) is 17.0. The van der Waals surface area contributed by atoms with Crippen molar-refractivity contribution in [3.8, 4) is 23.0 Å². The van der Waals surface area contributed by atoms with Crippen molar-refractivity contribution in [2.24, 2.45) is 0 Å². The summed E-state index contributed by atoms with van der Waals surface area (Å²) in [6.45, 7) is 15.2. The number of phenolic OH excluding ortho intramolecular Hbond substituents is 4. The van der Waals surface area contributed by atoms with E-state index in [1.54, 1.807) is 48.5 Å². The predicted octanol–water partition coefficient (Wildman–Crippen LogP) is 13.8. The lowest BCUT2D eigenvalue weighted by atomic mass is 9.81. The Bertz CT molecular complexity index is 1460. The zero-order valence-electron chi connectivity index (χ0n) is 35.4. The highest BCUT2D eigenvalue weighted by atomic mass is 16.3. The van der Waals surface area contributed by atoms with Gasteiger partial charge < -0.3 is 25.3 Å². The number of phenols is 4. The Kier molecular flexibility index (Phi) is 23.5. The first-order valence-electron chi connectivity index (χ1n) is 21.1. The molecule has 0 aliphatic rings. The molecule has 56 heavy (non-hydrogen) atoms. The van der Waals surface area contributed by atoms with Gasteiger partial charge in [-0.25, -0.2) is 0 Å². The van der Waals surface area contributed by atoms with Gasteiger partial charge in [-0.05, 0) is 102 Å². The molecule has 0 fully saturated rings. The van der Waals surface area contributed by atoms with Crippen LogP contribution < -0.4 is 0 Å². The molecule has 0 radical (unpaired) electrons. The van der Waals surface area contributed by atoms with Crippen LogP contribution in [-0.2, 0) is 0 Å². The number of hydrogen-bond donors (Lipinski definition) is 4. The molecule has 0 saturated heterocycles. The van der Waals surface area contributed by atoms with E-state index in [2.05, 4.69) is 63.9 Å². The van der Waals surface area contributed by atoms with E-state index in [0.29, 0.717) is 0 Å². The van der Waals surface area contributed by atoms with Crippen molar-refractivity contribution in [2.75, 3.05) is 20.1 Å². The maximum Gasteiger partial charge on any atom is 0.115 e. The summed E-state index contributed by atoms with van der Waals surface area (Å²) < 4.78 is 0. The lowest BCUT2D eigenvalue weighted by Crippen LogP contribution is -2.15. The number of nitrogens with zero attached hydrogens (tertiary/aromatic N) is 1. The zero-order valence-corrected chi connectivity index (χ0v) is 35.4. The first kappa shape index (κ1) is 47.4. The Hall–Kier alpha value is -4.74. The fourth-order valence-electron chi connectivity index (χ4n) is 6.49. The summed E-state index contributed by atoms with van der Waals surface area (Å²) in [5.74, 6) is 0.684. The van der Waals surface area contributed by atoms with E-state index in [4.69, 9.17) is 0 Å². The molecule has 0 saturated carbocycles. The smallest absolute Gasteiger partial charge is 0.115 e. The molecule has 5 rings (SSSR count). The number of aromatic hydroxyl groups is 4. The molecule has 0 amide bonds. The van der Waals surface area contributed by atoms with Gasteiger partial charge in [-0.3, -0.25) is 0 Å². The first-order valence-corrected chi connectivity index (χ1v) is 21.1. The van der Waals surface area contributed by atoms with Crippen LogP contribution >= 0.6 is 0 Å². The van der Waals surface area contributed by atoms with Crippen LogP contribution in [0.3, 0.4) is 0 Å². The molecular weight excluding hydrogens is 691 g/mol. The molecular formula is C51H71NO4. The van der Waals surface area contributed by atoms with Crippen molar-refractivity contribution in [1.82, 2.24) is 4.90 Å². The van der Waals surface area contributed by atoms with Gasteiger partial charge >= 0.3 is 0 Å². The summed E-state index contributed by atoms with van der Waals surface area (Å²) in [6.07, 6.45) is 14.4. The van der Waals surface area contributed by atoms with Gasteiger partial charge in [-0.15, -0.1) is 0 Å². The lowest BCUT2D eigenvalue weighted by molar-refractivity contribution is 0.373. The molecule has 0 spiro atoms. The van der Waals surface area contributed by atoms with Crippen LogP contribution in [0.2, 0.25) is 0 Å². The van der Waals surface area contributed by atoms with E-state index >= 15 is 0 Å². The van der Waals surface area contributed by atoms with Gasteiger partial charge in [-0.1, -0.05) is 179 Å². The van der Waals surface area contributed by atoms with E-state index in [-0.39, 0.29) is 34.8 Å². The maximum atomic E-state index is 9.80. The quantitative estimate of drug-likeness (QED) is 0.0560. The van der Waals surface area contributed by atoms with Crippen molar-refractivity contribution in [3.05, 3.63) is 155 Å². The highest BCUT2D eigenvalue weighted by Crippen LogP contribution is 2.37. The van der Waals surface area contributed by atoms with E-state index < -0.39 is 0 Å². The fourth-order valence-corrected chi connectivity index (χ4v) is 6.49. The lowest BCUT2D eigenvalue weighted by Gasteiger charge is -2.22. The summed E-state index contributed by atoms with van der Waals surface area (Å²) in [5, 5.41) is 39.2. The molecule has 4 N–H and O–H groups in total. The molecule has 0 atom stereocenters. The molecule has 5 aromatic rings. The number of unbranched alkanes of at least 4 members (excludes halogenated alkanes) is 9. The van der Waals surface area contributed by atoms with Crippen molar-refractivity contribution < 1.29 is 20.4 Å². The van der Waals surface area contributed by atoms with E-state index in [1.165, 1.54) is 64.2 Å². The molecule has 0 aliphatic carbocycles. The molecule has 304 valence electrons. The van der Waals surface area contributed by atoms with Gasteiger partial charge in [0.25, 0.3) is 0 Å². The van der Waals surface area contributed by atoms with Crippen LogP contribution in [0.25, 0.3) is 0 Å². The normalized spacial score (nSPS) is 10.6. The predicted molar refractivity (Wildman–Crippen MR) is 238 cm³/mol. The highest BCUT2D eigenvalue weighted by Gasteiger charge is 2.20. The number of hydrogen-bond acceptors (Lipinski definition) is 5. The average molecular weight is 762 g/mol. The molecule has 5 aromatic carbocycles. The Balaban J connectivity index is 0.000000450. The molecule has 0 aliphatic heterocycles. The van der Waals surface area contributed by atoms with Gasteiger partial charge in [0.05, 0.1) is 0 Å². The van der Waals surface area contributed by atoms with Gasteiger partial charge in [0.15, 0.2) is 0 Å². The van der Waals surface area contributed by atoms with E-state index in [1.807, 2.05) is 62.4 Å². The molecule has 0 aromatic heterocycles. The molecule has 5 heteroatoms. The largest absolute Gasteiger partial charge is 0.508 e. The Labute approximate surface area is 339 Å². The van der Waals surface area contributed by atoms with Crippen LogP contribution in [0.15, 0.2) is 121 Å². The standard InChI is InChI=1S/C32H26O4.C12H26.C5H13N.C2H6/c33-27-13-5-23(6-14-27)31(24-7-15-28(34)16-8-24)21-1-2-22(4-3-21)32(25-9-17-29(35)18-10-25)26-11-19-30(36)20-12-26;1-3-5-7-9-11-12-10-8-6-4-2;1-4-6(3)5-2;1-2/h1-20,31-36H;3-12H2,1-2H3;4-5H2,1-3H3;1-2H3. The zero-order chi connectivity index (χ0) is 41.1. The van der Waals surface area contributed by atoms with Crippen LogP contribution in [0.1, 0.15) is 151 Å². The van der Waals surface area contributed by atoms with Gasteiger partial charge in [0.1, 0.15) is 23.0 Å². The Morgan fingerprint density at radius 3 is 0.679 bits per heavy atom. The van der Waals surface area contributed by atoms with Crippen LogP contribution in [0, 0.1) is 0 Å². The van der Waals surface area contributed by atoms with Crippen molar-refractivity contribution >= 4 is 0 Å². The van der Waals surface area contributed by atoms with Crippen LogP contribution in [0.5, 0.6) is 23.0 Å². The highest BCUT2D eigenvalue weighted by molar-refractivity contribution is 5.49. The van der Waals surface area contributed by atoms with Crippen molar-refractivity contribution in [1.29, 1.82) is 0 Å². The summed E-state index contributed by atoms with van der Waals surface area (Å²) in [4.78, 5) is 2.25. The van der Waals surface area contributed by atoms with Crippen LogP contribution in [0.4, 0.5) is 0 Å². The second-order valence-electron chi connectivity index (χ2n) is 14.2. The molecule has 0 unspecified atom stereocenters. The summed E-state index contributed by atoms with van der Waals surface area (Å²) >= 11 is 0. The monoisotopic (exact) mass is 762 g/mol. The average Bonchev–Trinajstić information content (AvgIpc) is 3.23. The summed E-state index contributed by atoms with van der Waals surface area (Å²) in [6, 6.07) is 37.2. The third-order valence-electron chi connectivity index (χ3n) is 10.0. The molecule has 5 nitrogen and oxygen atoms in total. The Morgan fingerprint density at radius 2 is 0.518 bits per heavy atom. The molecule has 0 bridgehead atoms. The number of benzene rings is 5. The first-order chi connectivity index (χ1) is 27.2. The molecule has 0 heterocycles. The van der Waals surface area contributed by atoms with Crippen molar-refractivity contribution in [2.45, 2.75) is 118 Å². The number of rotatable bonds is 17. The third-order valence-corrected chi connectivity index (χ3v) is 10.0. The second kappa shape index (κ2) is 27.8. The maximum absolute atomic E-state index is 9.80. The van der Waals surface area contributed by atoms with Crippen molar-refractivity contribution in [3.63, 3.8) is 0 Å². The Morgan fingerprint density at radius 1 is 0.339 bits per heavy atom. The fraction of sp³-hybridized carbons (Fsp3) is 0.412. The summed E-state index contributed by atoms with van der Waals surface area (Å²) in [7, 11) is 2.11. The van der Waals surface area contributed by atoms with E-state index in [9.17, 15) is 20.4 Å². The van der Waals surface area contributed by atoms with Gasteiger partial charge in [0, 0.05) is 11.8 Å². The SMILES string of the molecule is CC.CCCCCCCCCCCC.CCN(C)CC.Oc1ccc(C(c2ccc(O)cc2)c2ccc(C(c3ccc(O)cc3)c3ccc(O)cc3)cc2)cc1.